The van der Waals surface area contributed by atoms with Gasteiger partial charge in [0.1, 0.15) is 0 Å². The summed E-state index contributed by atoms with van der Waals surface area (Å²) in [6, 6.07) is 0. The lowest BCUT2D eigenvalue weighted by molar-refractivity contribution is 0.429. The van der Waals surface area contributed by atoms with Crippen LogP contribution in [0.5, 0.6) is 0 Å². The molecule has 19 heavy (non-hydrogen) atoms. The van der Waals surface area contributed by atoms with Gasteiger partial charge in [-0.1, -0.05) is 6.08 Å². The van der Waals surface area contributed by atoms with E-state index >= 15 is 0 Å². The van der Waals surface area contributed by atoms with E-state index in [9.17, 15) is 0 Å². The number of unbranched alkanes of at least 4 members (excludes halogenated alkanes) is 1. The van der Waals surface area contributed by atoms with Crippen LogP contribution in [-0.2, 0) is 13.0 Å². The highest BCUT2D eigenvalue weighted by Gasteiger charge is 2.13. The van der Waals surface area contributed by atoms with Crippen molar-refractivity contribution in [1.82, 2.24) is 15.1 Å². The first-order chi connectivity index (χ1) is 8.85. The van der Waals surface area contributed by atoms with E-state index in [0.717, 1.165) is 32.4 Å². The Morgan fingerprint density at radius 2 is 2.00 bits per heavy atom. The van der Waals surface area contributed by atoms with Crippen molar-refractivity contribution in [3.05, 3.63) is 29.6 Å². The molecule has 0 saturated carbocycles. The highest BCUT2D eigenvalue weighted by atomic mass is 15.3. The van der Waals surface area contributed by atoms with Crippen LogP contribution in [0.4, 0.5) is 0 Å². The third-order valence-electron chi connectivity index (χ3n) is 3.34. The quantitative estimate of drug-likeness (QED) is 0.603. The zero-order valence-corrected chi connectivity index (χ0v) is 13.2. The second kappa shape index (κ2) is 6.90. The lowest BCUT2D eigenvalue weighted by atomic mass is 10.1. The van der Waals surface area contributed by atoms with Crippen molar-refractivity contribution in [2.75, 3.05) is 6.54 Å². The van der Waals surface area contributed by atoms with Gasteiger partial charge in [-0.05, 0) is 66.0 Å². The molecule has 0 unspecified atom stereocenters. The molecule has 3 nitrogen and oxygen atoms in total. The molecule has 1 N–H and O–H groups in total. The second-order valence-electron chi connectivity index (χ2n) is 6.23. The van der Waals surface area contributed by atoms with Crippen LogP contribution < -0.4 is 5.32 Å². The van der Waals surface area contributed by atoms with Gasteiger partial charge in [-0.3, -0.25) is 4.68 Å². The minimum Gasteiger partial charge on any atom is -0.312 e. The zero-order valence-electron chi connectivity index (χ0n) is 13.2. The van der Waals surface area contributed by atoms with E-state index < -0.39 is 0 Å². The molecule has 1 heterocycles. The lowest BCUT2D eigenvalue weighted by Crippen LogP contribution is -2.37. The van der Waals surface area contributed by atoms with Crippen molar-refractivity contribution in [2.45, 2.75) is 66.0 Å². The van der Waals surface area contributed by atoms with E-state index in [1.54, 1.807) is 0 Å². The molecule has 0 saturated heterocycles. The van der Waals surface area contributed by atoms with Gasteiger partial charge < -0.3 is 5.32 Å². The molecule has 108 valence electrons. The van der Waals surface area contributed by atoms with Gasteiger partial charge in [0.15, 0.2) is 0 Å². The molecule has 0 aliphatic rings. The van der Waals surface area contributed by atoms with Crippen LogP contribution in [0.3, 0.4) is 0 Å². The first kappa shape index (κ1) is 16.0. The number of allylic oxidation sites excluding steroid dienone is 1. The molecule has 1 rings (SSSR count). The Morgan fingerprint density at radius 3 is 2.58 bits per heavy atom. The van der Waals surface area contributed by atoms with Crippen molar-refractivity contribution in [3.63, 3.8) is 0 Å². The van der Waals surface area contributed by atoms with Crippen molar-refractivity contribution < 1.29 is 0 Å². The van der Waals surface area contributed by atoms with Crippen molar-refractivity contribution in [1.29, 1.82) is 0 Å². The number of aromatic nitrogens is 2. The molecular weight excluding hydrogens is 234 g/mol. The molecule has 0 radical (unpaired) electrons. The van der Waals surface area contributed by atoms with Gasteiger partial charge >= 0.3 is 0 Å². The lowest BCUT2D eigenvalue weighted by Gasteiger charge is -2.20. The average molecular weight is 263 g/mol. The maximum Gasteiger partial charge on any atom is 0.0628 e. The molecule has 0 amide bonds. The van der Waals surface area contributed by atoms with Gasteiger partial charge in [0.25, 0.3) is 0 Å². The SMILES string of the molecule is C=CCCCn1nc(C)c(CCNC(C)(C)C)c1C. The molecular formula is C16H29N3. The summed E-state index contributed by atoms with van der Waals surface area (Å²) in [5.74, 6) is 0. The molecule has 1 aromatic rings. The smallest absolute Gasteiger partial charge is 0.0628 e. The van der Waals surface area contributed by atoms with Gasteiger partial charge in [-0.15, -0.1) is 6.58 Å². The second-order valence-corrected chi connectivity index (χ2v) is 6.23. The third kappa shape index (κ3) is 5.19. The summed E-state index contributed by atoms with van der Waals surface area (Å²) in [4.78, 5) is 0. The predicted molar refractivity (Wildman–Crippen MR) is 82.6 cm³/mol. The summed E-state index contributed by atoms with van der Waals surface area (Å²) in [7, 11) is 0. The fourth-order valence-corrected chi connectivity index (χ4v) is 2.26. The topological polar surface area (TPSA) is 29.9 Å². The first-order valence-electron chi connectivity index (χ1n) is 7.24. The van der Waals surface area contributed by atoms with E-state index in [1.165, 1.54) is 17.0 Å². The van der Waals surface area contributed by atoms with Crippen LogP contribution in [0.1, 0.15) is 50.6 Å². The molecule has 0 aromatic carbocycles. The Balaban J connectivity index is 2.60. The minimum absolute atomic E-state index is 0.182. The number of nitrogens with one attached hydrogen (secondary N) is 1. The fraction of sp³-hybridized carbons (Fsp3) is 0.688. The van der Waals surface area contributed by atoms with Crippen LogP contribution >= 0.6 is 0 Å². The average Bonchev–Trinajstić information content (AvgIpc) is 2.55. The van der Waals surface area contributed by atoms with E-state index in [2.05, 4.69) is 56.3 Å². The molecule has 0 aliphatic carbocycles. The molecule has 1 aromatic heterocycles. The van der Waals surface area contributed by atoms with Crippen molar-refractivity contribution in [3.8, 4) is 0 Å². The summed E-state index contributed by atoms with van der Waals surface area (Å²) in [6.45, 7) is 16.7. The Labute approximate surface area is 118 Å². The highest BCUT2D eigenvalue weighted by Crippen LogP contribution is 2.14. The maximum absolute atomic E-state index is 4.65. The van der Waals surface area contributed by atoms with Crippen LogP contribution in [0.15, 0.2) is 12.7 Å². The van der Waals surface area contributed by atoms with Crippen LogP contribution in [0.25, 0.3) is 0 Å². The highest BCUT2D eigenvalue weighted by molar-refractivity contribution is 5.24. The maximum atomic E-state index is 4.65. The number of aryl methyl sites for hydroxylation is 2. The third-order valence-corrected chi connectivity index (χ3v) is 3.34. The largest absolute Gasteiger partial charge is 0.312 e. The van der Waals surface area contributed by atoms with Crippen LogP contribution in [0.2, 0.25) is 0 Å². The summed E-state index contributed by atoms with van der Waals surface area (Å²) >= 11 is 0. The zero-order chi connectivity index (χ0) is 14.5. The molecule has 0 aliphatic heterocycles. The monoisotopic (exact) mass is 263 g/mol. The Morgan fingerprint density at radius 1 is 1.32 bits per heavy atom. The summed E-state index contributed by atoms with van der Waals surface area (Å²) in [6.07, 6.45) is 5.20. The molecule has 0 atom stereocenters. The Hall–Kier alpha value is -1.09. The van der Waals surface area contributed by atoms with E-state index in [-0.39, 0.29) is 5.54 Å². The summed E-state index contributed by atoms with van der Waals surface area (Å²) in [5.41, 5.74) is 4.07. The number of nitrogens with zero attached hydrogens (tertiary/aromatic N) is 2. The van der Waals surface area contributed by atoms with Gasteiger partial charge in [-0.25, -0.2) is 0 Å². The van der Waals surface area contributed by atoms with Gasteiger partial charge in [-0.2, -0.15) is 5.10 Å². The minimum atomic E-state index is 0.182. The first-order valence-corrected chi connectivity index (χ1v) is 7.24. The van der Waals surface area contributed by atoms with Crippen LogP contribution in [0, 0.1) is 13.8 Å². The molecule has 0 spiro atoms. The predicted octanol–water partition coefficient (Wildman–Crippen LogP) is 3.40. The number of hydrogen-bond donors (Lipinski definition) is 1. The number of hydrogen-bond acceptors (Lipinski definition) is 2. The standard InChI is InChI=1S/C16H29N3/c1-7-8-9-12-19-14(3)15(13(2)18-19)10-11-17-16(4,5)6/h7,17H,1,8-12H2,2-6H3. The molecule has 0 bridgehead atoms. The van der Waals surface area contributed by atoms with Gasteiger partial charge in [0, 0.05) is 17.8 Å². The van der Waals surface area contributed by atoms with Crippen molar-refractivity contribution >= 4 is 0 Å². The summed E-state index contributed by atoms with van der Waals surface area (Å²) < 4.78 is 2.14. The summed E-state index contributed by atoms with van der Waals surface area (Å²) in [5, 5.41) is 8.19. The normalized spacial score (nSPS) is 11.8. The molecule has 3 heteroatoms. The Bertz CT molecular complexity index is 410. The van der Waals surface area contributed by atoms with E-state index in [0.29, 0.717) is 0 Å². The van der Waals surface area contributed by atoms with E-state index in [1.807, 2.05) is 6.08 Å². The van der Waals surface area contributed by atoms with E-state index in [4.69, 9.17) is 0 Å². The number of rotatable bonds is 7. The Kier molecular flexibility index (Phi) is 5.80. The fourth-order valence-electron chi connectivity index (χ4n) is 2.26. The van der Waals surface area contributed by atoms with Gasteiger partial charge in [0.05, 0.1) is 5.69 Å². The van der Waals surface area contributed by atoms with Gasteiger partial charge in [0.2, 0.25) is 0 Å². The molecule has 0 fully saturated rings. The van der Waals surface area contributed by atoms with Crippen molar-refractivity contribution in [2.24, 2.45) is 0 Å². The van der Waals surface area contributed by atoms with Crippen LogP contribution in [-0.4, -0.2) is 21.9 Å².